The highest BCUT2D eigenvalue weighted by atomic mass is 79.9. The second-order valence-electron chi connectivity index (χ2n) is 2.77. The molecule has 0 saturated heterocycles. The van der Waals surface area contributed by atoms with Gasteiger partial charge in [0, 0.05) is 17.6 Å². The highest BCUT2D eigenvalue weighted by Gasteiger charge is 2.06. The Morgan fingerprint density at radius 3 is 2.46 bits per heavy atom. The third-order valence-electron chi connectivity index (χ3n) is 2.01. The molecule has 0 saturated carbocycles. The van der Waals surface area contributed by atoms with Crippen LogP contribution < -0.4 is 4.90 Å². The Bertz CT molecular complexity index is 284. The molecule has 1 nitrogen and oxygen atoms in total. The van der Waals surface area contributed by atoms with Crippen LogP contribution in [0.1, 0.15) is 13.8 Å². The zero-order valence-corrected chi connectivity index (χ0v) is 9.44. The summed E-state index contributed by atoms with van der Waals surface area (Å²) in [4.78, 5) is 2.10. The number of benzene rings is 1. The lowest BCUT2D eigenvalue weighted by Crippen LogP contribution is -2.22. The van der Waals surface area contributed by atoms with Gasteiger partial charge in [-0.15, -0.1) is 0 Å². The lowest BCUT2D eigenvalue weighted by Gasteiger charge is -2.22. The van der Waals surface area contributed by atoms with Gasteiger partial charge in [-0.2, -0.15) is 0 Å². The van der Waals surface area contributed by atoms with Gasteiger partial charge < -0.3 is 4.90 Å². The molecule has 72 valence electrons. The first kappa shape index (κ1) is 10.5. The molecule has 0 unspecified atom stereocenters. The van der Waals surface area contributed by atoms with E-state index in [-0.39, 0.29) is 5.82 Å². The summed E-state index contributed by atoms with van der Waals surface area (Å²) in [5.74, 6) is -0.190. The molecular formula is C10H13BrFN. The van der Waals surface area contributed by atoms with E-state index < -0.39 is 0 Å². The topological polar surface area (TPSA) is 3.24 Å². The fraction of sp³-hybridized carbons (Fsp3) is 0.400. The first-order valence-corrected chi connectivity index (χ1v) is 5.18. The number of rotatable bonds is 3. The van der Waals surface area contributed by atoms with Crippen LogP contribution >= 0.6 is 15.9 Å². The molecule has 0 aliphatic rings. The van der Waals surface area contributed by atoms with Gasteiger partial charge >= 0.3 is 0 Å². The van der Waals surface area contributed by atoms with Crippen molar-refractivity contribution in [3.05, 3.63) is 28.5 Å². The average Bonchev–Trinajstić information content (AvgIpc) is 2.13. The molecule has 0 heterocycles. The van der Waals surface area contributed by atoms with Crippen LogP contribution in [-0.4, -0.2) is 13.1 Å². The van der Waals surface area contributed by atoms with Gasteiger partial charge in [0.15, 0.2) is 0 Å². The maximum atomic E-state index is 12.9. The Hall–Kier alpha value is -0.570. The quantitative estimate of drug-likeness (QED) is 0.789. The van der Waals surface area contributed by atoms with Gasteiger partial charge in [-0.3, -0.25) is 0 Å². The minimum atomic E-state index is -0.190. The van der Waals surface area contributed by atoms with E-state index in [1.165, 1.54) is 6.07 Å². The third-order valence-corrected chi connectivity index (χ3v) is 2.68. The number of nitrogens with zero attached hydrogens (tertiary/aromatic N) is 1. The lowest BCUT2D eigenvalue weighted by molar-refractivity contribution is 0.626. The zero-order valence-electron chi connectivity index (χ0n) is 7.85. The smallest absolute Gasteiger partial charge is 0.125 e. The van der Waals surface area contributed by atoms with Gasteiger partial charge in [0.2, 0.25) is 0 Å². The van der Waals surface area contributed by atoms with E-state index in [4.69, 9.17) is 0 Å². The van der Waals surface area contributed by atoms with Gasteiger partial charge in [0.05, 0.1) is 5.69 Å². The van der Waals surface area contributed by atoms with E-state index >= 15 is 0 Å². The van der Waals surface area contributed by atoms with Gasteiger partial charge in [0.25, 0.3) is 0 Å². The Kier molecular flexibility index (Phi) is 3.72. The fourth-order valence-electron chi connectivity index (χ4n) is 1.29. The van der Waals surface area contributed by atoms with Crippen LogP contribution in [0.4, 0.5) is 10.1 Å². The molecule has 3 heteroatoms. The normalized spacial score (nSPS) is 10.2. The summed E-state index contributed by atoms with van der Waals surface area (Å²) in [7, 11) is 0. The number of halogens is 2. The molecule has 0 bridgehead atoms. The summed E-state index contributed by atoms with van der Waals surface area (Å²) in [6.07, 6.45) is 0. The number of anilines is 1. The molecule has 0 radical (unpaired) electrons. The Morgan fingerprint density at radius 1 is 1.31 bits per heavy atom. The molecule has 1 rings (SSSR count). The Morgan fingerprint density at radius 2 is 1.92 bits per heavy atom. The standard InChI is InChI=1S/C10H13BrFN/c1-3-13(4-2)10-7-8(12)5-6-9(10)11/h5-7H,3-4H2,1-2H3. The third kappa shape index (κ3) is 2.44. The maximum absolute atomic E-state index is 12.9. The van der Waals surface area contributed by atoms with Crippen molar-refractivity contribution in [2.75, 3.05) is 18.0 Å². The molecule has 0 amide bonds. The van der Waals surface area contributed by atoms with Crippen molar-refractivity contribution in [2.45, 2.75) is 13.8 Å². The monoisotopic (exact) mass is 245 g/mol. The van der Waals surface area contributed by atoms with Crippen LogP contribution in [0.3, 0.4) is 0 Å². The Labute approximate surface area is 86.7 Å². The Balaban J connectivity index is 3.03. The first-order chi connectivity index (χ1) is 6.19. The molecule has 0 N–H and O–H groups in total. The minimum Gasteiger partial charge on any atom is -0.371 e. The largest absolute Gasteiger partial charge is 0.371 e. The van der Waals surface area contributed by atoms with Crippen LogP contribution in [0, 0.1) is 5.82 Å². The zero-order chi connectivity index (χ0) is 9.84. The van der Waals surface area contributed by atoms with Gasteiger partial charge in [-0.1, -0.05) is 0 Å². The SMILES string of the molecule is CCN(CC)c1cc(F)ccc1Br. The molecule has 0 aliphatic heterocycles. The molecule has 0 aromatic heterocycles. The van der Waals surface area contributed by atoms with Crippen molar-refractivity contribution in [1.29, 1.82) is 0 Å². The number of hydrogen-bond acceptors (Lipinski definition) is 1. The van der Waals surface area contributed by atoms with E-state index in [0.717, 1.165) is 23.2 Å². The fourth-order valence-corrected chi connectivity index (χ4v) is 1.79. The van der Waals surface area contributed by atoms with Gasteiger partial charge in [0.1, 0.15) is 5.82 Å². The van der Waals surface area contributed by atoms with Crippen molar-refractivity contribution < 1.29 is 4.39 Å². The molecule has 1 aromatic carbocycles. The van der Waals surface area contributed by atoms with Crippen LogP contribution in [0.15, 0.2) is 22.7 Å². The number of hydrogen-bond donors (Lipinski definition) is 0. The first-order valence-electron chi connectivity index (χ1n) is 4.39. The van der Waals surface area contributed by atoms with Crippen LogP contribution in [0.2, 0.25) is 0 Å². The van der Waals surface area contributed by atoms with Crippen LogP contribution in [0.25, 0.3) is 0 Å². The van der Waals surface area contributed by atoms with E-state index in [2.05, 4.69) is 34.7 Å². The predicted octanol–water partition coefficient (Wildman–Crippen LogP) is 3.43. The molecule has 0 atom stereocenters. The van der Waals surface area contributed by atoms with Crippen molar-refractivity contribution in [2.24, 2.45) is 0 Å². The summed E-state index contributed by atoms with van der Waals surface area (Å²) in [5, 5.41) is 0. The van der Waals surface area contributed by atoms with Gasteiger partial charge in [-0.05, 0) is 48.0 Å². The molecule has 0 spiro atoms. The molecular weight excluding hydrogens is 233 g/mol. The van der Waals surface area contributed by atoms with Crippen molar-refractivity contribution in [3.8, 4) is 0 Å². The van der Waals surface area contributed by atoms with Gasteiger partial charge in [-0.25, -0.2) is 4.39 Å². The average molecular weight is 246 g/mol. The van der Waals surface area contributed by atoms with Crippen molar-refractivity contribution in [3.63, 3.8) is 0 Å². The summed E-state index contributed by atoms with van der Waals surface area (Å²) in [6.45, 7) is 5.89. The molecule has 1 aromatic rings. The summed E-state index contributed by atoms with van der Waals surface area (Å²) < 4.78 is 13.9. The molecule has 13 heavy (non-hydrogen) atoms. The van der Waals surface area contributed by atoms with Crippen LogP contribution in [-0.2, 0) is 0 Å². The highest BCUT2D eigenvalue weighted by Crippen LogP contribution is 2.26. The maximum Gasteiger partial charge on any atom is 0.125 e. The highest BCUT2D eigenvalue weighted by molar-refractivity contribution is 9.10. The van der Waals surface area contributed by atoms with E-state index in [9.17, 15) is 4.39 Å². The summed E-state index contributed by atoms with van der Waals surface area (Å²) >= 11 is 3.40. The minimum absolute atomic E-state index is 0.190. The van der Waals surface area contributed by atoms with E-state index in [1.54, 1.807) is 12.1 Å². The predicted molar refractivity (Wildman–Crippen MR) is 57.7 cm³/mol. The second-order valence-corrected chi connectivity index (χ2v) is 3.62. The van der Waals surface area contributed by atoms with Crippen molar-refractivity contribution in [1.82, 2.24) is 0 Å². The van der Waals surface area contributed by atoms with Crippen LogP contribution in [0.5, 0.6) is 0 Å². The summed E-state index contributed by atoms with van der Waals surface area (Å²) in [6, 6.07) is 4.75. The lowest BCUT2D eigenvalue weighted by atomic mass is 10.3. The molecule has 0 aliphatic carbocycles. The van der Waals surface area contributed by atoms with E-state index in [0.29, 0.717) is 0 Å². The van der Waals surface area contributed by atoms with Crippen molar-refractivity contribution >= 4 is 21.6 Å². The summed E-state index contributed by atoms with van der Waals surface area (Å²) in [5.41, 5.74) is 0.921. The second kappa shape index (κ2) is 4.61. The van der Waals surface area contributed by atoms with E-state index in [1.807, 2.05) is 0 Å². The molecule has 0 fully saturated rings.